The van der Waals surface area contributed by atoms with E-state index in [0.29, 0.717) is 0 Å². The summed E-state index contributed by atoms with van der Waals surface area (Å²) < 4.78 is 9.94. The SMILES string of the molecule is C1C[O][Ge][O]C1. The summed E-state index contributed by atoms with van der Waals surface area (Å²) in [6.07, 6.45) is 1.09. The third-order valence-electron chi connectivity index (χ3n) is 0.611. The van der Waals surface area contributed by atoms with Gasteiger partial charge in [-0.1, -0.05) is 0 Å². The van der Waals surface area contributed by atoms with Crippen molar-refractivity contribution in [3.8, 4) is 0 Å². The maximum atomic E-state index is 4.97. The van der Waals surface area contributed by atoms with Crippen LogP contribution in [0.3, 0.4) is 0 Å². The van der Waals surface area contributed by atoms with Crippen LogP contribution in [0.1, 0.15) is 6.42 Å². The molecule has 2 nitrogen and oxygen atoms in total. The van der Waals surface area contributed by atoms with E-state index in [2.05, 4.69) is 0 Å². The van der Waals surface area contributed by atoms with Crippen LogP contribution in [0.25, 0.3) is 0 Å². The molecule has 0 saturated carbocycles. The third kappa shape index (κ3) is 1.28. The van der Waals surface area contributed by atoms with Gasteiger partial charge in [0, 0.05) is 0 Å². The fourth-order valence-corrected chi connectivity index (χ4v) is 1.46. The first-order chi connectivity index (χ1) is 3.00. The van der Waals surface area contributed by atoms with E-state index in [1.54, 1.807) is 0 Å². The fourth-order valence-electron chi connectivity index (χ4n) is 0.328. The second-order valence-corrected chi connectivity index (χ2v) is 2.69. The Morgan fingerprint density at radius 3 is 2.00 bits per heavy atom. The van der Waals surface area contributed by atoms with E-state index in [9.17, 15) is 0 Å². The van der Waals surface area contributed by atoms with Crippen LogP contribution in [0.2, 0.25) is 0 Å². The van der Waals surface area contributed by atoms with E-state index in [4.69, 9.17) is 7.53 Å². The summed E-state index contributed by atoms with van der Waals surface area (Å²) >= 11 is -0.392. The van der Waals surface area contributed by atoms with Gasteiger partial charge in [-0.05, 0) is 0 Å². The molecular formula is C3H6GeO2. The Morgan fingerprint density at radius 1 is 1.17 bits per heavy atom. The van der Waals surface area contributed by atoms with Crippen molar-refractivity contribution in [2.75, 3.05) is 13.2 Å². The van der Waals surface area contributed by atoms with Crippen LogP contribution < -0.4 is 0 Å². The Hall–Kier alpha value is 0.463. The van der Waals surface area contributed by atoms with Crippen LogP contribution in [0, 0.1) is 0 Å². The van der Waals surface area contributed by atoms with Crippen molar-refractivity contribution in [3.05, 3.63) is 0 Å². The average molecular weight is 147 g/mol. The molecule has 0 aliphatic carbocycles. The first-order valence-corrected chi connectivity index (χ1v) is 3.70. The molecule has 6 heavy (non-hydrogen) atoms. The summed E-state index contributed by atoms with van der Waals surface area (Å²) in [5.41, 5.74) is 0. The van der Waals surface area contributed by atoms with Gasteiger partial charge < -0.3 is 0 Å². The van der Waals surface area contributed by atoms with Gasteiger partial charge in [0.2, 0.25) is 0 Å². The molecule has 0 unspecified atom stereocenters. The van der Waals surface area contributed by atoms with E-state index in [0.717, 1.165) is 19.6 Å². The van der Waals surface area contributed by atoms with Gasteiger partial charge in [-0.3, -0.25) is 0 Å². The summed E-state index contributed by atoms with van der Waals surface area (Å²) in [4.78, 5) is 0. The molecule has 1 rings (SSSR count). The molecule has 0 bridgehead atoms. The van der Waals surface area contributed by atoms with E-state index >= 15 is 0 Å². The molecule has 0 aromatic rings. The molecular weight excluding hydrogens is 141 g/mol. The van der Waals surface area contributed by atoms with Crippen molar-refractivity contribution in [1.29, 1.82) is 0 Å². The predicted octanol–water partition coefficient (Wildman–Crippen LogP) is -0.0425. The zero-order chi connectivity index (χ0) is 4.24. The summed E-state index contributed by atoms with van der Waals surface area (Å²) in [5, 5.41) is 0. The zero-order valence-corrected chi connectivity index (χ0v) is 5.54. The maximum absolute atomic E-state index is 4.97. The Balaban J connectivity index is 2.00. The summed E-state index contributed by atoms with van der Waals surface area (Å²) in [6.45, 7) is 1.86. The Morgan fingerprint density at radius 2 is 1.83 bits per heavy atom. The van der Waals surface area contributed by atoms with Gasteiger partial charge in [0.25, 0.3) is 0 Å². The first kappa shape index (κ1) is 4.62. The fraction of sp³-hybridized carbons (Fsp3) is 1.00. The molecule has 1 saturated heterocycles. The minimum absolute atomic E-state index is 0.392. The molecule has 0 spiro atoms. The summed E-state index contributed by atoms with van der Waals surface area (Å²) in [7, 11) is 0. The standard InChI is InChI=1S/C3H6GeO2/c1-2-5-4-6-3-1/h1-3H2. The van der Waals surface area contributed by atoms with Gasteiger partial charge in [0.05, 0.1) is 0 Å². The van der Waals surface area contributed by atoms with Crippen LogP contribution in [0.5, 0.6) is 0 Å². The molecule has 0 aromatic carbocycles. The molecule has 3 heteroatoms. The molecule has 0 N–H and O–H groups in total. The minimum atomic E-state index is -0.392. The van der Waals surface area contributed by atoms with E-state index in [1.807, 2.05) is 0 Å². The summed E-state index contributed by atoms with van der Waals surface area (Å²) in [6, 6.07) is 0. The van der Waals surface area contributed by atoms with Gasteiger partial charge in [0.1, 0.15) is 0 Å². The predicted molar refractivity (Wildman–Crippen MR) is 22.3 cm³/mol. The summed E-state index contributed by atoms with van der Waals surface area (Å²) in [5.74, 6) is 0. The second kappa shape index (κ2) is 2.60. The van der Waals surface area contributed by atoms with Gasteiger partial charge in [0.15, 0.2) is 0 Å². The van der Waals surface area contributed by atoms with Crippen molar-refractivity contribution in [1.82, 2.24) is 0 Å². The number of hydrogen-bond donors (Lipinski definition) is 0. The van der Waals surface area contributed by atoms with Crippen LogP contribution in [0.15, 0.2) is 0 Å². The van der Waals surface area contributed by atoms with Gasteiger partial charge in [-0.2, -0.15) is 0 Å². The van der Waals surface area contributed by atoms with Crippen molar-refractivity contribution in [3.63, 3.8) is 0 Å². The topological polar surface area (TPSA) is 18.5 Å². The monoisotopic (exact) mass is 148 g/mol. The Labute approximate surface area is 44.0 Å². The molecule has 34 valence electrons. The molecule has 1 fully saturated rings. The average Bonchev–Trinajstić information content (AvgIpc) is 1.72. The molecule has 2 radical (unpaired) electrons. The first-order valence-electron chi connectivity index (χ1n) is 1.99. The third-order valence-corrected chi connectivity index (χ3v) is 1.96. The molecule has 1 aliphatic rings. The van der Waals surface area contributed by atoms with E-state index in [-0.39, 0.29) is 0 Å². The van der Waals surface area contributed by atoms with Crippen molar-refractivity contribution in [2.24, 2.45) is 0 Å². The van der Waals surface area contributed by atoms with Crippen LogP contribution in [-0.4, -0.2) is 29.3 Å². The van der Waals surface area contributed by atoms with Crippen LogP contribution in [0.4, 0.5) is 0 Å². The van der Waals surface area contributed by atoms with Crippen LogP contribution in [-0.2, 0) is 7.53 Å². The quantitative estimate of drug-likeness (QED) is 0.447. The second-order valence-electron chi connectivity index (χ2n) is 1.13. The Bertz CT molecular complexity index is 24.3. The van der Waals surface area contributed by atoms with E-state index < -0.39 is 16.1 Å². The number of hydrogen-bond acceptors (Lipinski definition) is 2. The van der Waals surface area contributed by atoms with Gasteiger partial charge >= 0.3 is 43.3 Å². The van der Waals surface area contributed by atoms with Crippen molar-refractivity contribution < 1.29 is 7.53 Å². The molecule has 0 atom stereocenters. The normalized spacial score (nSPS) is 24.0. The van der Waals surface area contributed by atoms with E-state index in [1.165, 1.54) is 0 Å². The molecule has 1 aliphatic heterocycles. The van der Waals surface area contributed by atoms with Crippen molar-refractivity contribution >= 4 is 16.1 Å². The Kier molecular flexibility index (Phi) is 2.00. The molecule has 1 heterocycles. The van der Waals surface area contributed by atoms with Gasteiger partial charge in [-0.25, -0.2) is 0 Å². The van der Waals surface area contributed by atoms with Crippen molar-refractivity contribution in [2.45, 2.75) is 6.42 Å². The molecule has 0 aromatic heterocycles. The zero-order valence-electron chi connectivity index (χ0n) is 3.44. The molecule has 0 amide bonds. The van der Waals surface area contributed by atoms with Gasteiger partial charge in [-0.15, -0.1) is 0 Å². The van der Waals surface area contributed by atoms with Crippen LogP contribution >= 0.6 is 0 Å². The number of rotatable bonds is 0.